The van der Waals surface area contributed by atoms with Crippen LogP contribution in [-0.4, -0.2) is 49.1 Å². The average Bonchev–Trinajstić information content (AvgIpc) is 2.95. The summed E-state index contributed by atoms with van der Waals surface area (Å²) in [6.07, 6.45) is 2.17. The summed E-state index contributed by atoms with van der Waals surface area (Å²) >= 11 is 0. The molecule has 128 valence electrons. The van der Waals surface area contributed by atoms with E-state index in [0.717, 1.165) is 6.26 Å². The Morgan fingerprint density at radius 1 is 1.39 bits per heavy atom. The molecule has 0 radical (unpaired) electrons. The molecule has 1 heterocycles. The third-order valence-electron chi connectivity index (χ3n) is 3.62. The first kappa shape index (κ1) is 17.5. The number of phenols is 1. The van der Waals surface area contributed by atoms with Gasteiger partial charge >= 0.3 is 0 Å². The molecule has 0 unspecified atom stereocenters. The molecular formula is C13H15F3N2O4S. The molecule has 1 aliphatic rings. The Bertz CT molecular complexity index is 739. The Balaban J connectivity index is 2.12. The fourth-order valence-electron chi connectivity index (χ4n) is 2.51. The van der Waals surface area contributed by atoms with Crippen LogP contribution in [0.15, 0.2) is 6.07 Å². The predicted octanol–water partition coefficient (Wildman–Crippen LogP) is 0.963. The molecule has 1 fully saturated rings. The van der Waals surface area contributed by atoms with Gasteiger partial charge in [-0.2, -0.15) is 8.70 Å². The first-order valence-electron chi connectivity index (χ1n) is 6.74. The minimum atomic E-state index is -3.43. The van der Waals surface area contributed by atoms with E-state index < -0.39 is 50.7 Å². The summed E-state index contributed by atoms with van der Waals surface area (Å²) in [4.78, 5) is 11.9. The van der Waals surface area contributed by atoms with Gasteiger partial charge in [0.2, 0.25) is 15.8 Å². The summed E-state index contributed by atoms with van der Waals surface area (Å²) in [7, 11) is -3.43. The lowest BCUT2D eigenvalue weighted by Crippen LogP contribution is -2.42. The van der Waals surface area contributed by atoms with Crippen LogP contribution >= 0.6 is 0 Å². The maximum absolute atomic E-state index is 13.6. The Morgan fingerprint density at radius 2 is 2.04 bits per heavy atom. The number of nitrogens with zero attached hydrogens (tertiary/aromatic N) is 1. The van der Waals surface area contributed by atoms with Crippen molar-refractivity contribution in [1.29, 1.82) is 0 Å². The molecular weight excluding hydrogens is 337 g/mol. The van der Waals surface area contributed by atoms with E-state index in [4.69, 9.17) is 5.11 Å². The van der Waals surface area contributed by atoms with Crippen LogP contribution < -0.4 is 5.32 Å². The highest BCUT2D eigenvalue weighted by atomic mass is 32.2. The largest absolute Gasteiger partial charge is 0.503 e. The SMILES string of the molecule is CS(=O)(=O)N1CCC[C@@H]1CNC(=O)c1cc(F)c(F)c(O)c1F. The standard InChI is InChI=1S/C13H15F3N2O4S/c1-23(21,22)18-4-2-3-7(18)6-17-13(20)8-5-9(14)11(16)12(19)10(8)15/h5,7,19H,2-4,6H2,1H3,(H,17,20)/t7-/m1/s1. The van der Waals surface area contributed by atoms with Crippen LogP contribution in [-0.2, 0) is 10.0 Å². The Hall–Kier alpha value is -1.81. The quantitative estimate of drug-likeness (QED) is 0.791. The topological polar surface area (TPSA) is 86.7 Å². The Labute approximate surface area is 131 Å². The molecule has 2 rings (SSSR count). The molecule has 1 atom stereocenters. The second-order valence-electron chi connectivity index (χ2n) is 5.26. The number of hydrogen-bond donors (Lipinski definition) is 2. The highest BCUT2D eigenvalue weighted by Gasteiger charge is 2.32. The molecule has 0 spiro atoms. The minimum absolute atomic E-state index is 0.106. The van der Waals surface area contributed by atoms with E-state index >= 15 is 0 Å². The van der Waals surface area contributed by atoms with Gasteiger partial charge in [-0.05, 0) is 18.9 Å². The summed E-state index contributed by atoms with van der Waals surface area (Å²) < 4.78 is 64.1. The van der Waals surface area contributed by atoms with E-state index in [0.29, 0.717) is 25.5 Å². The minimum Gasteiger partial charge on any atom is -0.503 e. The number of aromatic hydroxyl groups is 1. The third-order valence-corrected chi connectivity index (χ3v) is 4.96. The van der Waals surface area contributed by atoms with Crippen molar-refractivity contribution in [2.24, 2.45) is 0 Å². The smallest absolute Gasteiger partial charge is 0.254 e. The van der Waals surface area contributed by atoms with Crippen LogP contribution in [0.1, 0.15) is 23.2 Å². The van der Waals surface area contributed by atoms with Crippen molar-refractivity contribution >= 4 is 15.9 Å². The van der Waals surface area contributed by atoms with Gasteiger partial charge in [-0.3, -0.25) is 4.79 Å². The second kappa shape index (κ2) is 6.36. The molecule has 1 aliphatic heterocycles. The number of hydrogen-bond acceptors (Lipinski definition) is 4. The molecule has 0 saturated carbocycles. The van der Waals surface area contributed by atoms with Crippen LogP contribution in [0, 0.1) is 17.5 Å². The third kappa shape index (κ3) is 3.58. The van der Waals surface area contributed by atoms with Gasteiger partial charge in [-0.25, -0.2) is 17.2 Å². The van der Waals surface area contributed by atoms with Crippen molar-refractivity contribution in [2.45, 2.75) is 18.9 Å². The van der Waals surface area contributed by atoms with Crippen molar-refractivity contribution in [3.05, 3.63) is 29.1 Å². The first-order valence-corrected chi connectivity index (χ1v) is 8.59. The van der Waals surface area contributed by atoms with Gasteiger partial charge < -0.3 is 10.4 Å². The van der Waals surface area contributed by atoms with Gasteiger partial charge in [0.25, 0.3) is 5.91 Å². The van der Waals surface area contributed by atoms with E-state index in [-0.39, 0.29) is 6.54 Å². The molecule has 0 aromatic heterocycles. The maximum Gasteiger partial charge on any atom is 0.254 e. The second-order valence-corrected chi connectivity index (χ2v) is 7.20. The van der Waals surface area contributed by atoms with E-state index in [2.05, 4.69) is 5.32 Å². The van der Waals surface area contributed by atoms with Crippen molar-refractivity contribution in [3.8, 4) is 5.75 Å². The van der Waals surface area contributed by atoms with Gasteiger partial charge in [-0.15, -0.1) is 0 Å². The Morgan fingerprint density at radius 3 is 2.65 bits per heavy atom. The van der Waals surface area contributed by atoms with Crippen molar-refractivity contribution in [3.63, 3.8) is 0 Å². The number of phenolic OH excluding ortho intramolecular Hbond substituents is 1. The number of halogens is 3. The van der Waals surface area contributed by atoms with Gasteiger partial charge in [-0.1, -0.05) is 0 Å². The van der Waals surface area contributed by atoms with Gasteiger partial charge in [0.1, 0.15) is 0 Å². The number of benzene rings is 1. The van der Waals surface area contributed by atoms with E-state index in [1.165, 1.54) is 4.31 Å². The zero-order chi connectivity index (χ0) is 17.4. The predicted molar refractivity (Wildman–Crippen MR) is 74.9 cm³/mol. The molecule has 2 N–H and O–H groups in total. The molecule has 0 bridgehead atoms. The number of carbonyl (C=O) groups is 1. The van der Waals surface area contributed by atoms with Crippen LogP contribution in [0.4, 0.5) is 13.2 Å². The van der Waals surface area contributed by atoms with E-state index in [9.17, 15) is 26.4 Å². The van der Waals surface area contributed by atoms with Gasteiger partial charge in [0.15, 0.2) is 17.4 Å². The van der Waals surface area contributed by atoms with Crippen LogP contribution in [0.25, 0.3) is 0 Å². The lowest BCUT2D eigenvalue weighted by atomic mass is 10.1. The van der Waals surface area contributed by atoms with Crippen molar-refractivity contribution in [1.82, 2.24) is 9.62 Å². The average molecular weight is 352 g/mol. The zero-order valence-electron chi connectivity index (χ0n) is 12.1. The molecule has 10 heteroatoms. The summed E-state index contributed by atoms with van der Waals surface area (Å²) in [5, 5.41) is 11.4. The number of amides is 1. The highest BCUT2D eigenvalue weighted by Crippen LogP contribution is 2.26. The highest BCUT2D eigenvalue weighted by molar-refractivity contribution is 7.88. The van der Waals surface area contributed by atoms with Gasteiger partial charge in [0.05, 0.1) is 11.8 Å². The summed E-state index contributed by atoms with van der Waals surface area (Å²) in [5.74, 6) is -7.57. The van der Waals surface area contributed by atoms with E-state index in [1.807, 2.05) is 0 Å². The maximum atomic E-state index is 13.6. The zero-order valence-corrected chi connectivity index (χ0v) is 13.0. The molecule has 1 amide bonds. The molecule has 0 aliphatic carbocycles. The Kier molecular flexibility index (Phi) is 4.85. The van der Waals surface area contributed by atoms with Crippen molar-refractivity contribution < 1.29 is 31.5 Å². The molecule has 1 aromatic rings. The summed E-state index contributed by atoms with van der Waals surface area (Å²) in [6, 6.07) is -0.154. The van der Waals surface area contributed by atoms with Crippen LogP contribution in [0.5, 0.6) is 5.75 Å². The van der Waals surface area contributed by atoms with E-state index in [1.54, 1.807) is 0 Å². The first-order chi connectivity index (χ1) is 10.6. The molecule has 23 heavy (non-hydrogen) atoms. The van der Waals surface area contributed by atoms with Gasteiger partial charge in [0, 0.05) is 19.1 Å². The monoisotopic (exact) mass is 352 g/mol. The summed E-state index contributed by atoms with van der Waals surface area (Å²) in [6.45, 7) is 0.213. The summed E-state index contributed by atoms with van der Waals surface area (Å²) in [5.41, 5.74) is -0.856. The fraction of sp³-hybridized carbons (Fsp3) is 0.462. The normalized spacial score (nSPS) is 19.0. The van der Waals surface area contributed by atoms with Crippen LogP contribution in [0.3, 0.4) is 0 Å². The van der Waals surface area contributed by atoms with Crippen LogP contribution in [0.2, 0.25) is 0 Å². The molecule has 1 saturated heterocycles. The number of carbonyl (C=O) groups excluding carboxylic acids is 1. The number of sulfonamides is 1. The molecule has 1 aromatic carbocycles. The lowest BCUT2D eigenvalue weighted by Gasteiger charge is -2.22. The lowest BCUT2D eigenvalue weighted by molar-refractivity contribution is 0.0941. The number of nitrogens with one attached hydrogen (secondary N) is 1. The van der Waals surface area contributed by atoms with Crippen molar-refractivity contribution in [2.75, 3.05) is 19.3 Å². The molecule has 6 nitrogen and oxygen atoms in total. The fourth-order valence-corrected chi connectivity index (χ4v) is 3.69. The number of rotatable bonds is 4.